The summed E-state index contributed by atoms with van der Waals surface area (Å²) in [5, 5.41) is 15.4. The second-order valence-electron chi connectivity index (χ2n) is 6.14. The minimum Gasteiger partial charge on any atom is -0.461 e. The van der Waals surface area contributed by atoms with E-state index in [9.17, 15) is 4.79 Å². The van der Waals surface area contributed by atoms with Gasteiger partial charge in [0.25, 0.3) is 5.91 Å². The van der Waals surface area contributed by atoms with Crippen molar-refractivity contribution in [2.24, 2.45) is 0 Å². The van der Waals surface area contributed by atoms with Crippen LogP contribution in [0.1, 0.15) is 17.4 Å². The zero-order valence-electron chi connectivity index (χ0n) is 15.0. The van der Waals surface area contributed by atoms with Crippen molar-refractivity contribution in [1.82, 2.24) is 20.3 Å². The monoisotopic (exact) mass is 368 g/mol. The molecule has 0 radical (unpaired) electrons. The molecule has 0 bridgehead atoms. The summed E-state index contributed by atoms with van der Waals surface area (Å²) in [4.78, 5) is 16.5. The van der Waals surface area contributed by atoms with Gasteiger partial charge in [0.2, 0.25) is 5.76 Å². The molecular weight excluding hydrogens is 348 g/mol. The Bertz CT molecular complexity index is 882. The molecule has 1 saturated heterocycles. The van der Waals surface area contributed by atoms with Crippen LogP contribution in [0.4, 0.5) is 11.6 Å². The van der Waals surface area contributed by atoms with E-state index in [1.807, 2.05) is 19.1 Å². The number of piperazine rings is 1. The summed E-state index contributed by atoms with van der Waals surface area (Å²) in [6.07, 6.45) is 1.55. The number of hydrogen-bond acceptors (Lipinski definition) is 8. The van der Waals surface area contributed by atoms with Crippen molar-refractivity contribution in [1.29, 1.82) is 0 Å². The van der Waals surface area contributed by atoms with Gasteiger partial charge in [0.1, 0.15) is 5.82 Å². The number of rotatable bonds is 5. The van der Waals surface area contributed by atoms with Crippen LogP contribution in [-0.2, 0) is 0 Å². The van der Waals surface area contributed by atoms with Crippen molar-refractivity contribution in [3.63, 3.8) is 0 Å². The number of furan rings is 1. The first-order chi connectivity index (χ1) is 13.2. The molecule has 140 valence electrons. The lowest BCUT2D eigenvalue weighted by atomic mass is 10.2. The predicted molar refractivity (Wildman–Crippen MR) is 98.5 cm³/mol. The number of aromatic nitrogens is 3. The quantitative estimate of drug-likeness (QED) is 0.731. The summed E-state index contributed by atoms with van der Waals surface area (Å²) >= 11 is 0. The number of hydrogen-bond donors (Lipinski definition) is 1. The fourth-order valence-electron chi connectivity index (χ4n) is 2.98. The van der Waals surface area contributed by atoms with E-state index in [1.54, 1.807) is 29.4 Å². The van der Waals surface area contributed by atoms with Gasteiger partial charge in [-0.15, -0.1) is 10.2 Å². The van der Waals surface area contributed by atoms with E-state index in [0.29, 0.717) is 37.7 Å². The number of nitrogens with zero attached hydrogens (tertiary/aromatic N) is 5. The standard InChI is InChI=1S/C18H20N6O3/c1-2-19-16-5-6-17(21-20-16)23-7-9-24(10-8-23)18(25)13-12-15(27-22-13)14-4-3-11-26-14/h3-6,11-12H,2,7-10H2,1H3,(H,19,20). The molecule has 1 amide bonds. The molecule has 1 aliphatic heterocycles. The molecule has 0 spiro atoms. The normalized spacial score (nSPS) is 14.4. The maximum Gasteiger partial charge on any atom is 0.276 e. The van der Waals surface area contributed by atoms with Crippen molar-refractivity contribution in [2.45, 2.75) is 6.92 Å². The maximum atomic E-state index is 12.7. The van der Waals surface area contributed by atoms with E-state index in [-0.39, 0.29) is 11.6 Å². The third kappa shape index (κ3) is 3.62. The third-order valence-electron chi connectivity index (χ3n) is 4.39. The average molecular weight is 368 g/mol. The number of anilines is 2. The van der Waals surface area contributed by atoms with Gasteiger partial charge in [0, 0.05) is 38.8 Å². The largest absolute Gasteiger partial charge is 0.461 e. The lowest BCUT2D eigenvalue weighted by molar-refractivity contribution is 0.0736. The minimum atomic E-state index is -0.148. The van der Waals surface area contributed by atoms with Gasteiger partial charge in [0.05, 0.1) is 6.26 Å². The van der Waals surface area contributed by atoms with Gasteiger partial charge in [0.15, 0.2) is 17.3 Å². The van der Waals surface area contributed by atoms with Crippen LogP contribution in [0.5, 0.6) is 0 Å². The molecule has 27 heavy (non-hydrogen) atoms. The molecule has 9 heteroatoms. The Hall–Kier alpha value is -3.36. The van der Waals surface area contributed by atoms with Gasteiger partial charge in [-0.1, -0.05) is 5.16 Å². The van der Waals surface area contributed by atoms with Gasteiger partial charge in [-0.25, -0.2) is 0 Å². The van der Waals surface area contributed by atoms with Gasteiger partial charge >= 0.3 is 0 Å². The molecule has 4 heterocycles. The average Bonchev–Trinajstić information content (AvgIpc) is 3.40. The van der Waals surface area contributed by atoms with Crippen LogP contribution in [0.25, 0.3) is 11.5 Å². The Morgan fingerprint density at radius 3 is 2.67 bits per heavy atom. The van der Waals surface area contributed by atoms with Crippen LogP contribution < -0.4 is 10.2 Å². The molecule has 1 fully saturated rings. The SMILES string of the molecule is CCNc1ccc(N2CCN(C(=O)c3cc(-c4ccco4)on3)CC2)nn1. The van der Waals surface area contributed by atoms with E-state index < -0.39 is 0 Å². The van der Waals surface area contributed by atoms with Crippen LogP contribution in [0.15, 0.2) is 45.5 Å². The number of nitrogens with one attached hydrogen (secondary N) is 1. The molecule has 3 aromatic rings. The van der Waals surface area contributed by atoms with Gasteiger partial charge in [-0.2, -0.15) is 0 Å². The highest BCUT2D eigenvalue weighted by Crippen LogP contribution is 2.22. The Labute approximate surface area is 155 Å². The molecule has 0 unspecified atom stereocenters. The van der Waals surface area contributed by atoms with Gasteiger partial charge in [-0.3, -0.25) is 4.79 Å². The molecule has 1 aliphatic rings. The Morgan fingerprint density at radius 2 is 2.00 bits per heavy atom. The van der Waals surface area contributed by atoms with Crippen molar-refractivity contribution in [3.8, 4) is 11.5 Å². The molecule has 3 aromatic heterocycles. The molecule has 0 saturated carbocycles. The van der Waals surface area contributed by atoms with E-state index in [0.717, 1.165) is 18.2 Å². The lowest BCUT2D eigenvalue weighted by Crippen LogP contribution is -2.49. The van der Waals surface area contributed by atoms with Gasteiger partial charge in [-0.05, 0) is 31.2 Å². The smallest absolute Gasteiger partial charge is 0.276 e. The molecule has 0 atom stereocenters. The minimum absolute atomic E-state index is 0.148. The number of carbonyl (C=O) groups is 1. The molecule has 9 nitrogen and oxygen atoms in total. The van der Waals surface area contributed by atoms with Crippen LogP contribution >= 0.6 is 0 Å². The maximum absolute atomic E-state index is 12.7. The summed E-state index contributed by atoms with van der Waals surface area (Å²) < 4.78 is 10.5. The molecule has 4 rings (SSSR count). The van der Waals surface area contributed by atoms with Crippen molar-refractivity contribution in [2.75, 3.05) is 42.9 Å². The van der Waals surface area contributed by atoms with Crippen molar-refractivity contribution in [3.05, 3.63) is 42.3 Å². The fourth-order valence-corrected chi connectivity index (χ4v) is 2.98. The predicted octanol–water partition coefficient (Wildman–Crippen LogP) is 2.12. The highest BCUT2D eigenvalue weighted by Gasteiger charge is 2.25. The van der Waals surface area contributed by atoms with Crippen molar-refractivity contribution >= 4 is 17.5 Å². The topological polar surface area (TPSA) is 101 Å². The summed E-state index contributed by atoms with van der Waals surface area (Å²) in [5.74, 6) is 2.41. The summed E-state index contributed by atoms with van der Waals surface area (Å²) in [6.45, 7) is 5.35. The second kappa shape index (κ2) is 7.48. The summed E-state index contributed by atoms with van der Waals surface area (Å²) in [7, 11) is 0. The highest BCUT2D eigenvalue weighted by atomic mass is 16.5. The lowest BCUT2D eigenvalue weighted by Gasteiger charge is -2.34. The van der Waals surface area contributed by atoms with E-state index >= 15 is 0 Å². The Kier molecular flexibility index (Phi) is 4.73. The Balaban J connectivity index is 1.36. The van der Waals surface area contributed by atoms with E-state index in [2.05, 4.69) is 25.6 Å². The number of carbonyl (C=O) groups excluding carboxylic acids is 1. The van der Waals surface area contributed by atoms with Crippen LogP contribution in [0.3, 0.4) is 0 Å². The second-order valence-corrected chi connectivity index (χ2v) is 6.14. The summed E-state index contributed by atoms with van der Waals surface area (Å²) in [6, 6.07) is 8.98. The summed E-state index contributed by atoms with van der Waals surface area (Å²) in [5.41, 5.74) is 0.282. The van der Waals surface area contributed by atoms with Crippen LogP contribution in [0, 0.1) is 0 Å². The fraction of sp³-hybridized carbons (Fsp3) is 0.333. The first-order valence-corrected chi connectivity index (χ1v) is 8.87. The third-order valence-corrected chi connectivity index (χ3v) is 4.39. The number of amides is 1. The molecule has 1 N–H and O–H groups in total. The molecular formula is C18H20N6O3. The van der Waals surface area contributed by atoms with Crippen LogP contribution in [-0.4, -0.2) is 58.9 Å². The van der Waals surface area contributed by atoms with E-state index in [1.165, 1.54) is 0 Å². The Morgan fingerprint density at radius 1 is 1.15 bits per heavy atom. The zero-order chi connectivity index (χ0) is 18.6. The first-order valence-electron chi connectivity index (χ1n) is 8.87. The highest BCUT2D eigenvalue weighted by molar-refractivity contribution is 5.93. The van der Waals surface area contributed by atoms with Crippen LogP contribution in [0.2, 0.25) is 0 Å². The molecule has 0 aliphatic carbocycles. The molecule has 0 aromatic carbocycles. The van der Waals surface area contributed by atoms with E-state index in [4.69, 9.17) is 8.94 Å². The van der Waals surface area contributed by atoms with Gasteiger partial charge < -0.3 is 24.1 Å². The van der Waals surface area contributed by atoms with Crippen molar-refractivity contribution < 1.29 is 13.7 Å². The zero-order valence-corrected chi connectivity index (χ0v) is 15.0. The first kappa shape index (κ1) is 17.1.